The third kappa shape index (κ3) is 3.54. The van der Waals surface area contributed by atoms with E-state index in [9.17, 15) is 0 Å². The molecule has 0 amide bonds. The van der Waals surface area contributed by atoms with Gasteiger partial charge in [-0.3, -0.25) is 0 Å². The molecular weight excluding hydrogens is 290 g/mol. The summed E-state index contributed by atoms with van der Waals surface area (Å²) < 4.78 is 5.24. The predicted octanol–water partition coefficient (Wildman–Crippen LogP) is 2.26. The largest absolute Gasteiger partial charge is 0.384 e. The van der Waals surface area contributed by atoms with Crippen LogP contribution in [0.3, 0.4) is 0 Å². The van der Waals surface area contributed by atoms with Crippen molar-refractivity contribution in [1.29, 1.82) is 0 Å². The van der Waals surface area contributed by atoms with Crippen molar-refractivity contribution in [2.24, 2.45) is 0 Å². The third-order valence-corrected chi connectivity index (χ3v) is 3.58. The van der Waals surface area contributed by atoms with Crippen LogP contribution in [-0.4, -0.2) is 35.2 Å². The highest BCUT2D eigenvalue weighted by Crippen LogP contribution is 2.24. The van der Waals surface area contributed by atoms with E-state index in [4.69, 9.17) is 10.5 Å². The molecule has 0 spiro atoms. The number of anilines is 2. The number of aromatic nitrogens is 3. The molecule has 0 radical (unpaired) electrons. The predicted molar refractivity (Wildman–Crippen MR) is 91.1 cm³/mol. The summed E-state index contributed by atoms with van der Waals surface area (Å²) in [7, 11) is 1.70. The van der Waals surface area contributed by atoms with Gasteiger partial charge in [0.1, 0.15) is 18.0 Å². The SMILES string of the molecule is COCCN(Cc1ccccc1)c1ncnc2nc(N)ccc12. The number of rotatable bonds is 6. The lowest BCUT2D eigenvalue weighted by Gasteiger charge is -2.24. The van der Waals surface area contributed by atoms with Gasteiger partial charge in [0.05, 0.1) is 12.0 Å². The molecule has 0 bridgehead atoms. The number of pyridine rings is 1. The highest BCUT2D eigenvalue weighted by atomic mass is 16.5. The van der Waals surface area contributed by atoms with Gasteiger partial charge in [-0.25, -0.2) is 15.0 Å². The Bertz CT molecular complexity index is 778. The van der Waals surface area contributed by atoms with Crippen molar-refractivity contribution in [3.63, 3.8) is 0 Å². The minimum absolute atomic E-state index is 0.452. The average Bonchev–Trinajstić information content (AvgIpc) is 2.58. The van der Waals surface area contributed by atoms with Gasteiger partial charge in [0.15, 0.2) is 5.65 Å². The van der Waals surface area contributed by atoms with E-state index >= 15 is 0 Å². The summed E-state index contributed by atoms with van der Waals surface area (Å²) in [6.07, 6.45) is 1.52. The summed E-state index contributed by atoms with van der Waals surface area (Å²) in [5, 5.41) is 0.883. The molecule has 6 nitrogen and oxygen atoms in total. The summed E-state index contributed by atoms with van der Waals surface area (Å²) in [4.78, 5) is 15.1. The molecule has 0 fully saturated rings. The molecule has 6 heteroatoms. The number of hydrogen-bond donors (Lipinski definition) is 1. The van der Waals surface area contributed by atoms with Crippen LogP contribution in [0.4, 0.5) is 11.6 Å². The molecule has 0 saturated heterocycles. The fourth-order valence-electron chi connectivity index (χ4n) is 2.46. The van der Waals surface area contributed by atoms with Crippen LogP contribution in [0.5, 0.6) is 0 Å². The Morgan fingerprint density at radius 1 is 1.09 bits per heavy atom. The highest BCUT2D eigenvalue weighted by Gasteiger charge is 2.13. The van der Waals surface area contributed by atoms with Gasteiger partial charge < -0.3 is 15.4 Å². The van der Waals surface area contributed by atoms with E-state index in [2.05, 4.69) is 32.0 Å². The summed E-state index contributed by atoms with van der Waals surface area (Å²) in [5.74, 6) is 1.29. The molecule has 2 N–H and O–H groups in total. The second-order valence-corrected chi connectivity index (χ2v) is 5.20. The van der Waals surface area contributed by atoms with E-state index in [-0.39, 0.29) is 0 Å². The first-order chi connectivity index (χ1) is 11.3. The van der Waals surface area contributed by atoms with Crippen molar-refractivity contribution >= 4 is 22.7 Å². The fourth-order valence-corrected chi connectivity index (χ4v) is 2.46. The topological polar surface area (TPSA) is 77.2 Å². The molecule has 0 aliphatic rings. The Kier molecular flexibility index (Phi) is 4.63. The summed E-state index contributed by atoms with van der Waals surface area (Å²) in [6.45, 7) is 2.07. The molecule has 3 rings (SSSR count). The lowest BCUT2D eigenvalue weighted by molar-refractivity contribution is 0.205. The standard InChI is InChI=1S/C17H19N5O/c1-23-10-9-22(11-13-5-3-2-4-6-13)17-14-7-8-15(18)21-16(14)19-12-20-17/h2-8,12H,9-11H2,1H3,(H2,18,19,20,21). The first-order valence-electron chi connectivity index (χ1n) is 7.43. The van der Waals surface area contributed by atoms with Gasteiger partial charge in [0.2, 0.25) is 0 Å². The van der Waals surface area contributed by atoms with E-state index in [0.717, 1.165) is 24.3 Å². The summed E-state index contributed by atoms with van der Waals surface area (Å²) in [6, 6.07) is 14.0. The summed E-state index contributed by atoms with van der Waals surface area (Å²) >= 11 is 0. The monoisotopic (exact) mass is 309 g/mol. The van der Waals surface area contributed by atoms with Crippen LogP contribution >= 0.6 is 0 Å². The highest BCUT2D eigenvalue weighted by molar-refractivity contribution is 5.87. The normalized spacial score (nSPS) is 10.8. The lowest BCUT2D eigenvalue weighted by atomic mass is 10.2. The number of nitrogen functional groups attached to an aromatic ring is 1. The lowest BCUT2D eigenvalue weighted by Crippen LogP contribution is -2.28. The zero-order chi connectivity index (χ0) is 16.1. The molecule has 3 aromatic rings. The van der Waals surface area contributed by atoms with Gasteiger partial charge >= 0.3 is 0 Å². The molecule has 1 aromatic carbocycles. The molecule has 0 aliphatic carbocycles. The Hall–Kier alpha value is -2.73. The number of nitrogens with two attached hydrogens (primary N) is 1. The van der Waals surface area contributed by atoms with E-state index in [1.165, 1.54) is 11.9 Å². The number of nitrogens with zero attached hydrogens (tertiary/aromatic N) is 4. The molecule has 118 valence electrons. The van der Waals surface area contributed by atoms with Crippen LogP contribution in [-0.2, 0) is 11.3 Å². The zero-order valence-electron chi connectivity index (χ0n) is 13.0. The first kappa shape index (κ1) is 15.2. The van der Waals surface area contributed by atoms with E-state index in [1.807, 2.05) is 24.3 Å². The molecule has 2 aromatic heterocycles. The Labute approximate surface area is 135 Å². The van der Waals surface area contributed by atoms with E-state index in [1.54, 1.807) is 13.2 Å². The van der Waals surface area contributed by atoms with Gasteiger partial charge in [0.25, 0.3) is 0 Å². The first-order valence-corrected chi connectivity index (χ1v) is 7.43. The molecule has 2 heterocycles. The number of hydrogen-bond acceptors (Lipinski definition) is 6. The third-order valence-electron chi connectivity index (χ3n) is 3.58. The number of methoxy groups -OCH3 is 1. The second kappa shape index (κ2) is 7.02. The van der Waals surface area contributed by atoms with Crippen molar-refractivity contribution < 1.29 is 4.74 Å². The van der Waals surface area contributed by atoms with Crippen molar-refractivity contribution in [3.05, 3.63) is 54.4 Å². The van der Waals surface area contributed by atoms with Crippen molar-refractivity contribution in [3.8, 4) is 0 Å². The fraction of sp³-hybridized carbons (Fsp3) is 0.235. The number of fused-ring (bicyclic) bond motifs is 1. The van der Waals surface area contributed by atoms with Crippen LogP contribution < -0.4 is 10.6 Å². The van der Waals surface area contributed by atoms with Gasteiger partial charge in [-0.2, -0.15) is 0 Å². The minimum Gasteiger partial charge on any atom is -0.384 e. The van der Waals surface area contributed by atoms with Crippen molar-refractivity contribution in [2.45, 2.75) is 6.54 Å². The quantitative estimate of drug-likeness (QED) is 0.752. The maximum absolute atomic E-state index is 5.75. The molecule has 0 atom stereocenters. The minimum atomic E-state index is 0.452. The number of benzene rings is 1. The second-order valence-electron chi connectivity index (χ2n) is 5.20. The van der Waals surface area contributed by atoms with Gasteiger partial charge in [-0.05, 0) is 17.7 Å². The Morgan fingerprint density at radius 3 is 2.70 bits per heavy atom. The van der Waals surface area contributed by atoms with Gasteiger partial charge in [0, 0.05) is 20.2 Å². The zero-order valence-corrected chi connectivity index (χ0v) is 13.0. The van der Waals surface area contributed by atoms with Crippen LogP contribution in [0, 0.1) is 0 Å². The molecule has 23 heavy (non-hydrogen) atoms. The maximum Gasteiger partial charge on any atom is 0.166 e. The summed E-state index contributed by atoms with van der Waals surface area (Å²) in [5.41, 5.74) is 7.56. The molecule has 0 saturated carbocycles. The van der Waals surface area contributed by atoms with Gasteiger partial charge in [-0.15, -0.1) is 0 Å². The van der Waals surface area contributed by atoms with E-state index < -0.39 is 0 Å². The molecular formula is C17H19N5O. The smallest absolute Gasteiger partial charge is 0.166 e. The van der Waals surface area contributed by atoms with Crippen LogP contribution in [0.15, 0.2) is 48.8 Å². The average molecular weight is 309 g/mol. The van der Waals surface area contributed by atoms with Crippen LogP contribution in [0.2, 0.25) is 0 Å². The molecule has 0 aliphatic heterocycles. The Morgan fingerprint density at radius 2 is 1.91 bits per heavy atom. The molecule has 0 unspecified atom stereocenters. The van der Waals surface area contributed by atoms with Gasteiger partial charge in [-0.1, -0.05) is 30.3 Å². The van der Waals surface area contributed by atoms with Crippen molar-refractivity contribution in [2.75, 3.05) is 30.9 Å². The van der Waals surface area contributed by atoms with Crippen molar-refractivity contribution in [1.82, 2.24) is 15.0 Å². The van der Waals surface area contributed by atoms with Crippen LogP contribution in [0.1, 0.15) is 5.56 Å². The Balaban J connectivity index is 1.99. The maximum atomic E-state index is 5.75. The van der Waals surface area contributed by atoms with E-state index in [0.29, 0.717) is 18.1 Å². The van der Waals surface area contributed by atoms with Crippen LogP contribution in [0.25, 0.3) is 11.0 Å². The number of ether oxygens (including phenoxy) is 1.